The fraction of sp³-hybridized carbons (Fsp3) is 0.115. The highest BCUT2D eigenvalue weighted by Crippen LogP contribution is 2.33. The molecule has 0 saturated heterocycles. The quantitative estimate of drug-likeness (QED) is 0.275. The minimum absolute atomic E-state index is 0.159. The van der Waals surface area contributed by atoms with E-state index in [-0.39, 0.29) is 5.75 Å². The van der Waals surface area contributed by atoms with Gasteiger partial charge in [-0.15, -0.1) is 0 Å². The number of phenols is 1. The lowest BCUT2D eigenvalue weighted by atomic mass is 10.1. The van der Waals surface area contributed by atoms with Gasteiger partial charge in [0.2, 0.25) is 0 Å². The number of aromatic amines is 2. The molecule has 0 aliphatic carbocycles. The lowest BCUT2D eigenvalue weighted by Gasteiger charge is -2.05. The minimum Gasteiger partial charge on any atom is -0.508 e. The van der Waals surface area contributed by atoms with Crippen molar-refractivity contribution in [1.29, 1.82) is 0 Å². The van der Waals surface area contributed by atoms with Gasteiger partial charge in [0.05, 0.1) is 17.4 Å². The number of halogens is 1. The van der Waals surface area contributed by atoms with Crippen molar-refractivity contribution in [1.82, 2.24) is 40.4 Å². The van der Waals surface area contributed by atoms with Crippen LogP contribution < -0.4 is 5.32 Å². The van der Waals surface area contributed by atoms with Crippen LogP contribution in [0.15, 0.2) is 61.2 Å². The Morgan fingerprint density at radius 1 is 1.03 bits per heavy atom. The molecule has 0 aliphatic rings. The summed E-state index contributed by atoms with van der Waals surface area (Å²) in [7, 11) is 0. The zero-order chi connectivity index (χ0) is 24.6. The first-order chi connectivity index (χ1) is 17.6. The molecule has 0 fully saturated rings. The number of fused-ring (bicyclic) bond motifs is 2. The Hall–Kier alpha value is -4.70. The summed E-state index contributed by atoms with van der Waals surface area (Å²) in [6.45, 7) is 3.67. The van der Waals surface area contributed by atoms with Crippen LogP contribution in [0.4, 0.5) is 4.39 Å². The van der Waals surface area contributed by atoms with Crippen molar-refractivity contribution in [3.8, 4) is 39.7 Å². The van der Waals surface area contributed by atoms with E-state index >= 15 is 0 Å². The monoisotopic (exact) mass is 480 g/mol. The fourth-order valence-electron chi connectivity index (χ4n) is 4.23. The number of benzene rings is 1. The Bertz CT molecular complexity index is 1700. The number of nitrogens with zero attached hydrogens (tertiary/aromatic N) is 5. The second-order valence-electron chi connectivity index (χ2n) is 8.39. The molecule has 5 heterocycles. The van der Waals surface area contributed by atoms with Crippen LogP contribution in [-0.4, -0.2) is 46.8 Å². The van der Waals surface area contributed by atoms with Gasteiger partial charge in [0, 0.05) is 47.7 Å². The summed E-state index contributed by atoms with van der Waals surface area (Å²) in [6, 6.07) is 9.66. The standard InChI is InChI=1S/C26H21FN8O/c1-2-28-10-14-5-16(12-29-11-14)21-9-20-22(13-31-21)34-35-24(20)26-32-23-19(3-4-30-25(23)33-26)15-6-17(27)8-18(36)7-15/h3-9,11-13,28,36H,2,10H2,1H3,(H,34,35)(H,30,32,33). The van der Waals surface area contributed by atoms with E-state index in [0.29, 0.717) is 33.8 Å². The first kappa shape index (κ1) is 21.8. The third kappa shape index (κ3) is 3.93. The summed E-state index contributed by atoms with van der Waals surface area (Å²) in [5.74, 6) is -0.186. The van der Waals surface area contributed by atoms with Gasteiger partial charge >= 0.3 is 0 Å². The summed E-state index contributed by atoms with van der Waals surface area (Å²) in [5, 5.41) is 21.5. The van der Waals surface area contributed by atoms with Crippen molar-refractivity contribution < 1.29 is 9.50 Å². The molecular weight excluding hydrogens is 459 g/mol. The average Bonchev–Trinajstić information content (AvgIpc) is 3.50. The summed E-state index contributed by atoms with van der Waals surface area (Å²) < 4.78 is 13.9. The fourth-order valence-corrected chi connectivity index (χ4v) is 4.23. The van der Waals surface area contributed by atoms with Gasteiger partial charge in [-0.25, -0.2) is 14.4 Å². The number of pyridine rings is 3. The van der Waals surface area contributed by atoms with Crippen LogP contribution in [0, 0.1) is 5.82 Å². The number of aromatic nitrogens is 7. The van der Waals surface area contributed by atoms with Gasteiger partial charge in [-0.1, -0.05) is 6.92 Å². The third-order valence-electron chi connectivity index (χ3n) is 5.92. The van der Waals surface area contributed by atoms with Crippen LogP contribution in [-0.2, 0) is 6.54 Å². The maximum Gasteiger partial charge on any atom is 0.160 e. The maximum atomic E-state index is 13.9. The molecule has 0 aliphatic heterocycles. The van der Waals surface area contributed by atoms with Crippen molar-refractivity contribution in [3.05, 3.63) is 72.6 Å². The Balaban J connectivity index is 1.44. The Kier molecular flexibility index (Phi) is 5.34. The molecule has 6 rings (SSSR count). The molecule has 0 radical (unpaired) electrons. The molecular formula is C26H21FN8O. The Morgan fingerprint density at radius 2 is 1.94 bits per heavy atom. The minimum atomic E-state index is -0.534. The number of aromatic hydroxyl groups is 1. The van der Waals surface area contributed by atoms with Gasteiger partial charge in [-0.2, -0.15) is 5.10 Å². The molecule has 1 aromatic carbocycles. The van der Waals surface area contributed by atoms with E-state index in [4.69, 9.17) is 4.98 Å². The molecule has 6 aromatic rings. The van der Waals surface area contributed by atoms with E-state index in [0.717, 1.165) is 46.9 Å². The van der Waals surface area contributed by atoms with Crippen LogP contribution in [0.5, 0.6) is 5.75 Å². The lowest BCUT2D eigenvalue weighted by molar-refractivity contribution is 0.469. The normalized spacial score (nSPS) is 11.5. The molecule has 10 heteroatoms. The number of H-pyrrole nitrogens is 2. The molecule has 0 amide bonds. The van der Waals surface area contributed by atoms with Crippen molar-refractivity contribution in [2.45, 2.75) is 13.5 Å². The number of rotatable bonds is 6. The van der Waals surface area contributed by atoms with Crippen LogP contribution in [0.2, 0.25) is 0 Å². The first-order valence-electron chi connectivity index (χ1n) is 11.4. The molecule has 9 nitrogen and oxygen atoms in total. The predicted molar refractivity (Wildman–Crippen MR) is 134 cm³/mol. The van der Waals surface area contributed by atoms with Crippen LogP contribution in [0.25, 0.3) is 56.0 Å². The second kappa shape index (κ2) is 8.82. The molecule has 5 aromatic heterocycles. The van der Waals surface area contributed by atoms with E-state index in [1.165, 1.54) is 12.1 Å². The molecule has 0 spiro atoms. The van der Waals surface area contributed by atoms with E-state index in [9.17, 15) is 9.50 Å². The smallest absolute Gasteiger partial charge is 0.160 e. The third-order valence-corrected chi connectivity index (χ3v) is 5.92. The van der Waals surface area contributed by atoms with Crippen molar-refractivity contribution in [3.63, 3.8) is 0 Å². The zero-order valence-electron chi connectivity index (χ0n) is 19.2. The first-order valence-corrected chi connectivity index (χ1v) is 11.4. The van der Waals surface area contributed by atoms with Crippen LogP contribution in [0.3, 0.4) is 0 Å². The summed E-state index contributed by atoms with van der Waals surface area (Å²) in [6.07, 6.45) is 6.97. The largest absolute Gasteiger partial charge is 0.508 e. The molecule has 36 heavy (non-hydrogen) atoms. The van der Waals surface area contributed by atoms with Gasteiger partial charge in [0.1, 0.15) is 22.8 Å². The Morgan fingerprint density at radius 3 is 2.81 bits per heavy atom. The number of phenolic OH excluding ortho intramolecular Hbond substituents is 1. The molecule has 0 bridgehead atoms. The van der Waals surface area contributed by atoms with E-state index in [2.05, 4.69) is 48.4 Å². The van der Waals surface area contributed by atoms with Gasteiger partial charge < -0.3 is 15.4 Å². The summed E-state index contributed by atoms with van der Waals surface area (Å²) in [4.78, 5) is 21.3. The maximum absolute atomic E-state index is 13.9. The second-order valence-corrected chi connectivity index (χ2v) is 8.39. The van der Waals surface area contributed by atoms with Crippen molar-refractivity contribution in [2.75, 3.05) is 6.54 Å². The number of imidazole rings is 1. The topological polar surface area (TPSA) is 128 Å². The highest BCUT2D eigenvalue weighted by atomic mass is 19.1. The van der Waals surface area contributed by atoms with E-state index < -0.39 is 5.82 Å². The molecule has 0 atom stereocenters. The molecule has 178 valence electrons. The predicted octanol–water partition coefficient (Wildman–Crippen LogP) is 4.58. The van der Waals surface area contributed by atoms with Crippen LogP contribution in [0.1, 0.15) is 12.5 Å². The van der Waals surface area contributed by atoms with Crippen LogP contribution >= 0.6 is 0 Å². The number of hydrogen-bond donors (Lipinski definition) is 4. The SMILES string of the molecule is CCNCc1cncc(-c2cc3c(-c4nc5c(-c6cc(O)cc(F)c6)ccnc5[nH]4)n[nH]c3cn2)c1. The number of nitrogens with one attached hydrogen (secondary N) is 3. The van der Waals surface area contributed by atoms with Gasteiger partial charge in [0.15, 0.2) is 11.5 Å². The molecule has 4 N–H and O–H groups in total. The highest BCUT2D eigenvalue weighted by Gasteiger charge is 2.17. The van der Waals surface area contributed by atoms with Crippen molar-refractivity contribution in [2.24, 2.45) is 0 Å². The Labute approximate surface area is 204 Å². The van der Waals surface area contributed by atoms with E-state index in [1.807, 2.05) is 12.3 Å². The van der Waals surface area contributed by atoms with Gasteiger partial charge in [-0.3, -0.25) is 15.1 Å². The molecule has 0 saturated carbocycles. The highest BCUT2D eigenvalue weighted by molar-refractivity contribution is 5.96. The summed E-state index contributed by atoms with van der Waals surface area (Å²) in [5.41, 5.74) is 6.32. The zero-order valence-corrected chi connectivity index (χ0v) is 19.2. The van der Waals surface area contributed by atoms with Crippen molar-refractivity contribution >= 4 is 22.1 Å². The van der Waals surface area contributed by atoms with E-state index in [1.54, 1.807) is 24.7 Å². The molecule has 0 unspecified atom stereocenters. The van der Waals surface area contributed by atoms with Gasteiger partial charge in [0.25, 0.3) is 0 Å². The summed E-state index contributed by atoms with van der Waals surface area (Å²) >= 11 is 0. The van der Waals surface area contributed by atoms with Gasteiger partial charge in [-0.05, 0) is 48.0 Å². The number of hydrogen-bond acceptors (Lipinski definition) is 7. The average molecular weight is 481 g/mol. The lowest BCUT2D eigenvalue weighted by Crippen LogP contribution is -2.11.